The number of benzene rings is 1. The lowest BCUT2D eigenvalue weighted by Gasteiger charge is -2.07. The summed E-state index contributed by atoms with van der Waals surface area (Å²) in [6.45, 7) is 3.95. The molecule has 1 N–H and O–H groups in total. The quantitative estimate of drug-likeness (QED) is 0.710. The number of phenols is 1. The number of aryl methyl sites for hydroxylation is 2. The number of fused-ring (bicyclic) bond motifs is 1. The molecule has 1 aromatic carbocycles. The minimum atomic E-state index is 0.279. The Morgan fingerprint density at radius 3 is 2.83 bits per heavy atom. The van der Waals surface area contributed by atoms with Gasteiger partial charge in [0.2, 0.25) is 5.78 Å². The van der Waals surface area contributed by atoms with Crippen LogP contribution in [0.4, 0.5) is 0 Å². The summed E-state index contributed by atoms with van der Waals surface area (Å²) in [4.78, 5) is 8.68. The number of imidazole rings is 1. The van der Waals surface area contributed by atoms with Crippen molar-refractivity contribution in [1.29, 1.82) is 0 Å². The number of hydrogen-bond donors (Lipinski definition) is 1. The van der Waals surface area contributed by atoms with Crippen molar-refractivity contribution in [2.45, 2.75) is 13.8 Å². The second kappa shape index (κ2) is 3.84. The molecule has 0 unspecified atom stereocenters. The van der Waals surface area contributed by atoms with Gasteiger partial charge in [-0.2, -0.15) is 0 Å². The molecule has 0 saturated heterocycles. The zero-order chi connectivity index (χ0) is 12.7. The van der Waals surface area contributed by atoms with E-state index in [9.17, 15) is 5.11 Å². The number of nitrogens with zero attached hydrogens (tertiary/aromatic N) is 3. The van der Waals surface area contributed by atoms with Crippen LogP contribution in [-0.4, -0.2) is 19.5 Å². The third-order valence-electron chi connectivity index (χ3n) is 3.04. The first-order valence-corrected chi connectivity index (χ1v) is 5.76. The maximum atomic E-state index is 9.48. The van der Waals surface area contributed by atoms with E-state index >= 15 is 0 Å². The van der Waals surface area contributed by atoms with Crippen molar-refractivity contribution in [3.63, 3.8) is 0 Å². The molecular weight excluding hydrogens is 226 g/mol. The molecule has 0 aliphatic heterocycles. The summed E-state index contributed by atoms with van der Waals surface area (Å²) in [5.41, 5.74) is 4.03. The first-order valence-electron chi connectivity index (χ1n) is 5.76. The Kier molecular flexibility index (Phi) is 2.30. The van der Waals surface area contributed by atoms with Crippen molar-refractivity contribution in [2.75, 3.05) is 0 Å². The van der Waals surface area contributed by atoms with Crippen LogP contribution in [0.25, 0.3) is 17.0 Å². The topological polar surface area (TPSA) is 50.4 Å². The van der Waals surface area contributed by atoms with Gasteiger partial charge < -0.3 is 5.11 Å². The van der Waals surface area contributed by atoms with Crippen LogP contribution in [0.3, 0.4) is 0 Å². The van der Waals surface area contributed by atoms with E-state index in [0.29, 0.717) is 5.78 Å². The van der Waals surface area contributed by atoms with Gasteiger partial charge in [0.25, 0.3) is 0 Å². The number of aromatic hydroxyl groups is 1. The molecule has 3 aromatic rings. The molecule has 18 heavy (non-hydrogen) atoms. The lowest BCUT2D eigenvalue weighted by molar-refractivity contribution is 0.475. The second-order valence-electron chi connectivity index (χ2n) is 4.33. The van der Waals surface area contributed by atoms with E-state index in [1.165, 1.54) is 0 Å². The lowest BCUT2D eigenvalue weighted by Crippen LogP contribution is -1.92. The first kappa shape index (κ1) is 10.8. The molecular formula is C14H13N3O. The highest BCUT2D eigenvalue weighted by Gasteiger charge is 2.13. The van der Waals surface area contributed by atoms with Gasteiger partial charge in [-0.1, -0.05) is 0 Å². The van der Waals surface area contributed by atoms with Crippen LogP contribution in [0, 0.1) is 13.8 Å². The second-order valence-corrected chi connectivity index (χ2v) is 4.33. The monoisotopic (exact) mass is 239 g/mol. The first-order chi connectivity index (χ1) is 8.66. The molecule has 0 amide bonds. The molecule has 90 valence electrons. The van der Waals surface area contributed by atoms with Gasteiger partial charge in [-0.05, 0) is 43.7 Å². The average Bonchev–Trinajstić information content (AvgIpc) is 2.66. The molecule has 4 nitrogen and oxygen atoms in total. The Morgan fingerprint density at radius 1 is 1.22 bits per heavy atom. The van der Waals surface area contributed by atoms with Gasteiger partial charge in [0.05, 0.1) is 11.4 Å². The predicted molar refractivity (Wildman–Crippen MR) is 69.6 cm³/mol. The molecule has 0 radical (unpaired) electrons. The summed E-state index contributed by atoms with van der Waals surface area (Å²) in [5, 5.41) is 9.48. The van der Waals surface area contributed by atoms with Crippen molar-refractivity contribution < 1.29 is 5.11 Å². The molecule has 0 aliphatic carbocycles. The van der Waals surface area contributed by atoms with E-state index < -0.39 is 0 Å². The highest BCUT2D eigenvalue weighted by Crippen LogP contribution is 2.29. The molecule has 2 aromatic heterocycles. The number of aromatic nitrogens is 3. The van der Waals surface area contributed by atoms with Crippen LogP contribution in [-0.2, 0) is 0 Å². The van der Waals surface area contributed by atoms with E-state index in [0.717, 1.165) is 22.5 Å². The van der Waals surface area contributed by atoms with Crippen molar-refractivity contribution in [3.05, 3.63) is 47.9 Å². The number of rotatable bonds is 1. The maximum Gasteiger partial charge on any atom is 0.234 e. The van der Waals surface area contributed by atoms with Crippen LogP contribution in [0.1, 0.15) is 11.3 Å². The van der Waals surface area contributed by atoms with Crippen molar-refractivity contribution in [2.24, 2.45) is 0 Å². The minimum Gasteiger partial charge on any atom is -0.508 e. The molecule has 3 rings (SSSR count). The summed E-state index contributed by atoms with van der Waals surface area (Å²) in [6, 6.07) is 7.24. The van der Waals surface area contributed by atoms with Gasteiger partial charge in [-0.25, -0.2) is 9.97 Å². The molecule has 2 heterocycles. The molecule has 0 saturated carbocycles. The Morgan fingerprint density at radius 2 is 2.06 bits per heavy atom. The zero-order valence-corrected chi connectivity index (χ0v) is 10.3. The SMILES string of the molecule is Cc1cc(O)ccc1-c1c(C)nc2ncccn12. The van der Waals surface area contributed by atoms with Crippen molar-refractivity contribution in [1.82, 2.24) is 14.4 Å². The Labute approximate surface area is 105 Å². The van der Waals surface area contributed by atoms with Crippen molar-refractivity contribution >= 4 is 5.78 Å². The summed E-state index contributed by atoms with van der Waals surface area (Å²) < 4.78 is 1.97. The fourth-order valence-corrected chi connectivity index (χ4v) is 2.24. The smallest absolute Gasteiger partial charge is 0.234 e. The Balaban J connectivity index is 2.34. The number of hydrogen-bond acceptors (Lipinski definition) is 3. The summed E-state index contributed by atoms with van der Waals surface area (Å²) in [5.74, 6) is 0.971. The van der Waals surface area contributed by atoms with Gasteiger partial charge in [0.1, 0.15) is 5.75 Å². The van der Waals surface area contributed by atoms with Crippen LogP contribution in [0.5, 0.6) is 5.75 Å². The van der Waals surface area contributed by atoms with Gasteiger partial charge in [-0.3, -0.25) is 4.40 Å². The van der Waals surface area contributed by atoms with Gasteiger partial charge in [0.15, 0.2) is 0 Å². The molecule has 0 atom stereocenters. The van der Waals surface area contributed by atoms with Crippen molar-refractivity contribution in [3.8, 4) is 17.0 Å². The van der Waals surface area contributed by atoms with Crippen LogP contribution < -0.4 is 0 Å². The van der Waals surface area contributed by atoms with E-state index in [4.69, 9.17) is 0 Å². The van der Waals surface area contributed by atoms with Gasteiger partial charge >= 0.3 is 0 Å². The van der Waals surface area contributed by atoms with Gasteiger partial charge in [-0.15, -0.1) is 0 Å². The summed E-state index contributed by atoms with van der Waals surface area (Å²) in [7, 11) is 0. The third kappa shape index (κ3) is 1.54. The predicted octanol–water partition coefficient (Wildman–Crippen LogP) is 2.72. The maximum absolute atomic E-state index is 9.48. The Bertz CT molecular complexity index is 731. The molecule has 4 heteroatoms. The van der Waals surface area contributed by atoms with Crippen LogP contribution >= 0.6 is 0 Å². The van der Waals surface area contributed by atoms with Gasteiger partial charge in [0, 0.05) is 18.0 Å². The molecule has 0 aliphatic rings. The largest absolute Gasteiger partial charge is 0.508 e. The highest BCUT2D eigenvalue weighted by atomic mass is 16.3. The normalized spacial score (nSPS) is 11.0. The minimum absolute atomic E-state index is 0.279. The summed E-state index contributed by atoms with van der Waals surface area (Å²) in [6.07, 6.45) is 3.68. The van der Waals surface area contributed by atoms with E-state index in [2.05, 4.69) is 9.97 Å². The van der Waals surface area contributed by atoms with Crippen LogP contribution in [0.15, 0.2) is 36.7 Å². The average molecular weight is 239 g/mol. The van der Waals surface area contributed by atoms with E-state index in [1.807, 2.05) is 36.6 Å². The molecule has 0 bridgehead atoms. The summed E-state index contributed by atoms with van der Waals surface area (Å²) >= 11 is 0. The number of phenolic OH excluding ortho intramolecular Hbond substituents is 1. The zero-order valence-electron chi connectivity index (χ0n) is 10.3. The Hall–Kier alpha value is -2.36. The molecule has 0 spiro atoms. The third-order valence-corrected chi connectivity index (χ3v) is 3.04. The van der Waals surface area contributed by atoms with Crippen LogP contribution in [0.2, 0.25) is 0 Å². The van der Waals surface area contributed by atoms with E-state index in [1.54, 1.807) is 18.3 Å². The standard InChI is InChI=1S/C14H13N3O/c1-9-8-11(18)4-5-12(9)13-10(2)16-14-15-6-3-7-17(13)14/h3-8,18H,1-2H3. The molecule has 0 fully saturated rings. The fraction of sp³-hybridized carbons (Fsp3) is 0.143. The van der Waals surface area contributed by atoms with E-state index in [-0.39, 0.29) is 5.75 Å². The lowest BCUT2D eigenvalue weighted by atomic mass is 10.0. The fourth-order valence-electron chi connectivity index (χ4n) is 2.24. The highest BCUT2D eigenvalue weighted by molar-refractivity contribution is 5.69.